The van der Waals surface area contributed by atoms with Crippen molar-refractivity contribution in [2.24, 2.45) is 0 Å². The van der Waals surface area contributed by atoms with Gasteiger partial charge in [-0.15, -0.1) is 0 Å². The second-order valence-electron chi connectivity index (χ2n) is 4.64. The first-order valence-corrected chi connectivity index (χ1v) is 5.91. The van der Waals surface area contributed by atoms with E-state index >= 15 is 0 Å². The van der Waals surface area contributed by atoms with Gasteiger partial charge in [-0.05, 0) is 32.6 Å². The van der Waals surface area contributed by atoms with Crippen LogP contribution in [0.4, 0.5) is 5.95 Å². The van der Waals surface area contributed by atoms with Gasteiger partial charge in [-0.2, -0.15) is 0 Å². The number of hydrogen-bond donors (Lipinski definition) is 0. The molecule has 0 radical (unpaired) electrons. The zero-order chi connectivity index (χ0) is 11.1. The normalized spacial score (nSPS) is 22.8. The molecule has 1 saturated heterocycles. The van der Waals surface area contributed by atoms with Crippen LogP contribution in [0.3, 0.4) is 0 Å². The van der Waals surface area contributed by atoms with Crippen molar-refractivity contribution < 1.29 is 4.79 Å². The third-order valence-electron chi connectivity index (χ3n) is 3.64. The highest BCUT2D eigenvalue weighted by molar-refractivity contribution is 5.75. The lowest BCUT2D eigenvalue weighted by Crippen LogP contribution is -2.46. The van der Waals surface area contributed by atoms with Crippen molar-refractivity contribution in [3.8, 4) is 0 Å². The summed E-state index contributed by atoms with van der Waals surface area (Å²) in [7, 11) is 0. The Labute approximate surface area is 94.7 Å². The molecule has 16 heavy (non-hydrogen) atoms. The summed E-state index contributed by atoms with van der Waals surface area (Å²) >= 11 is 0. The van der Waals surface area contributed by atoms with Crippen LogP contribution in [0.2, 0.25) is 0 Å². The van der Waals surface area contributed by atoms with E-state index in [-0.39, 0.29) is 0 Å². The van der Waals surface area contributed by atoms with Crippen LogP contribution in [-0.4, -0.2) is 28.8 Å². The molecule has 1 atom stereocenters. The summed E-state index contributed by atoms with van der Waals surface area (Å²) in [6, 6.07) is 0.513. The van der Waals surface area contributed by atoms with Crippen LogP contribution >= 0.6 is 0 Å². The van der Waals surface area contributed by atoms with Crippen LogP contribution in [-0.2, 0) is 12.8 Å². The van der Waals surface area contributed by atoms with E-state index in [9.17, 15) is 4.79 Å². The Morgan fingerprint density at radius 3 is 2.88 bits per heavy atom. The predicted molar refractivity (Wildman–Crippen MR) is 60.9 cm³/mol. The first-order chi connectivity index (χ1) is 7.79. The van der Waals surface area contributed by atoms with Gasteiger partial charge in [-0.3, -0.25) is 4.79 Å². The fraction of sp³-hybridized carbons (Fsp3) is 0.583. The smallest absolute Gasteiger partial charge is 0.226 e. The molecule has 1 aliphatic carbocycles. The van der Waals surface area contributed by atoms with Crippen molar-refractivity contribution in [3.05, 3.63) is 17.0 Å². The minimum Gasteiger partial charge on any atom is -0.338 e. The third kappa shape index (κ3) is 1.32. The van der Waals surface area contributed by atoms with Crippen molar-refractivity contribution >= 4 is 12.2 Å². The van der Waals surface area contributed by atoms with Crippen molar-refractivity contribution in [1.29, 1.82) is 0 Å². The van der Waals surface area contributed by atoms with Gasteiger partial charge in [-0.25, -0.2) is 9.97 Å². The Morgan fingerprint density at radius 1 is 1.38 bits per heavy atom. The predicted octanol–water partition coefficient (Wildman–Crippen LogP) is 1.38. The molecular formula is C12H15N3O. The first-order valence-electron chi connectivity index (χ1n) is 5.91. The highest BCUT2D eigenvalue weighted by Crippen LogP contribution is 2.28. The van der Waals surface area contributed by atoms with E-state index in [0.717, 1.165) is 49.3 Å². The van der Waals surface area contributed by atoms with Gasteiger partial charge in [0.2, 0.25) is 5.95 Å². The minimum absolute atomic E-state index is 0.513. The summed E-state index contributed by atoms with van der Waals surface area (Å²) in [5.41, 5.74) is 2.77. The summed E-state index contributed by atoms with van der Waals surface area (Å²) in [4.78, 5) is 22.2. The topological polar surface area (TPSA) is 46.1 Å². The van der Waals surface area contributed by atoms with Gasteiger partial charge < -0.3 is 4.90 Å². The molecular weight excluding hydrogens is 202 g/mol. The zero-order valence-electron chi connectivity index (χ0n) is 9.44. The summed E-state index contributed by atoms with van der Waals surface area (Å²) < 4.78 is 0. The SMILES string of the molecule is C[C@H]1CCN1c1nc(C=O)c2c(n1)CCC2. The second kappa shape index (κ2) is 3.54. The summed E-state index contributed by atoms with van der Waals surface area (Å²) in [5, 5.41) is 0. The Bertz CT molecular complexity index is 444. The highest BCUT2D eigenvalue weighted by atomic mass is 16.1. The number of carbonyl (C=O) groups excluding carboxylic acids is 1. The number of nitrogens with zero attached hydrogens (tertiary/aromatic N) is 3. The average molecular weight is 217 g/mol. The first kappa shape index (κ1) is 9.75. The minimum atomic E-state index is 0.513. The Kier molecular flexibility index (Phi) is 2.16. The second-order valence-corrected chi connectivity index (χ2v) is 4.64. The molecule has 1 aromatic heterocycles. The average Bonchev–Trinajstić information content (AvgIpc) is 2.74. The van der Waals surface area contributed by atoms with E-state index < -0.39 is 0 Å². The Morgan fingerprint density at radius 2 is 2.25 bits per heavy atom. The van der Waals surface area contributed by atoms with Crippen LogP contribution in [0, 0.1) is 0 Å². The van der Waals surface area contributed by atoms with E-state index in [1.807, 2.05) is 0 Å². The molecule has 1 aromatic rings. The quantitative estimate of drug-likeness (QED) is 0.702. The lowest BCUT2D eigenvalue weighted by molar-refractivity contribution is 0.111. The molecule has 0 bridgehead atoms. The molecule has 2 heterocycles. The number of fused-ring (bicyclic) bond motifs is 1. The molecule has 2 aliphatic rings. The Hall–Kier alpha value is -1.45. The number of hydrogen-bond acceptors (Lipinski definition) is 4. The van der Waals surface area contributed by atoms with Gasteiger partial charge in [0.05, 0.1) is 0 Å². The van der Waals surface area contributed by atoms with Crippen LogP contribution in [0.5, 0.6) is 0 Å². The number of aldehydes is 1. The van der Waals surface area contributed by atoms with E-state index in [4.69, 9.17) is 0 Å². The van der Waals surface area contributed by atoms with Crippen LogP contribution in [0.1, 0.15) is 41.5 Å². The maximum absolute atomic E-state index is 11.0. The monoisotopic (exact) mass is 217 g/mol. The van der Waals surface area contributed by atoms with E-state index in [1.54, 1.807) is 0 Å². The van der Waals surface area contributed by atoms with Crippen molar-refractivity contribution in [1.82, 2.24) is 9.97 Å². The van der Waals surface area contributed by atoms with Crippen molar-refractivity contribution in [2.75, 3.05) is 11.4 Å². The number of aryl methyl sites for hydroxylation is 1. The number of rotatable bonds is 2. The number of anilines is 1. The van der Waals surface area contributed by atoms with E-state index in [1.165, 1.54) is 6.42 Å². The fourth-order valence-corrected chi connectivity index (χ4v) is 2.49. The number of aromatic nitrogens is 2. The largest absolute Gasteiger partial charge is 0.338 e. The molecule has 0 unspecified atom stereocenters. The van der Waals surface area contributed by atoms with Crippen molar-refractivity contribution in [3.63, 3.8) is 0 Å². The van der Waals surface area contributed by atoms with Gasteiger partial charge in [0.15, 0.2) is 6.29 Å². The highest BCUT2D eigenvalue weighted by Gasteiger charge is 2.28. The summed E-state index contributed by atoms with van der Waals surface area (Å²) in [6.45, 7) is 3.18. The molecule has 4 nitrogen and oxygen atoms in total. The lowest BCUT2D eigenvalue weighted by atomic mass is 10.1. The molecule has 84 valence electrons. The molecule has 3 rings (SSSR count). The molecule has 0 amide bonds. The maximum Gasteiger partial charge on any atom is 0.226 e. The zero-order valence-corrected chi connectivity index (χ0v) is 9.44. The van der Waals surface area contributed by atoms with Crippen LogP contribution in [0.15, 0.2) is 0 Å². The molecule has 1 aliphatic heterocycles. The summed E-state index contributed by atoms with van der Waals surface area (Å²) in [6.07, 6.45) is 5.12. The summed E-state index contributed by atoms with van der Waals surface area (Å²) in [5.74, 6) is 0.751. The van der Waals surface area contributed by atoms with Gasteiger partial charge in [0.1, 0.15) is 5.69 Å². The van der Waals surface area contributed by atoms with E-state index in [0.29, 0.717) is 11.7 Å². The molecule has 0 aromatic carbocycles. The maximum atomic E-state index is 11.0. The van der Waals surface area contributed by atoms with Gasteiger partial charge in [-0.1, -0.05) is 0 Å². The van der Waals surface area contributed by atoms with Crippen LogP contribution in [0.25, 0.3) is 0 Å². The van der Waals surface area contributed by atoms with Gasteiger partial charge >= 0.3 is 0 Å². The van der Waals surface area contributed by atoms with Gasteiger partial charge in [0, 0.05) is 23.8 Å². The Balaban J connectivity index is 2.04. The third-order valence-corrected chi connectivity index (χ3v) is 3.64. The van der Waals surface area contributed by atoms with E-state index in [2.05, 4.69) is 21.8 Å². The molecule has 1 fully saturated rings. The number of carbonyl (C=O) groups is 1. The van der Waals surface area contributed by atoms with Gasteiger partial charge in [0.25, 0.3) is 0 Å². The van der Waals surface area contributed by atoms with Crippen molar-refractivity contribution in [2.45, 2.75) is 38.6 Å². The standard InChI is InChI=1S/C12H15N3O/c1-8-5-6-15(8)12-13-10-4-2-3-9(10)11(7-16)14-12/h7-8H,2-6H2,1H3/t8-/m0/s1. The molecule has 0 saturated carbocycles. The molecule has 0 N–H and O–H groups in total. The molecule has 0 spiro atoms. The fourth-order valence-electron chi connectivity index (χ4n) is 2.49. The molecule has 4 heteroatoms. The van der Waals surface area contributed by atoms with Crippen LogP contribution < -0.4 is 4.90 Å². The lowest BCUT2D eigenvalue weighted by Gasteiger charge is -2.38.